The van der Waals surface area contributed by atoms with Gasteiger partial charge in [-0.3, -0.25) is 19.7 Å². The molecule has 35 heavy (non-hydrogen) atoms. The maximum atomic E-state index is 13.0. The van der Waals surface area contributed by atoms with Gasteiger partial charge in [0.1, 0.15) is 5.69 Å². The van der Waals surface area contributed by atoms with Crippen molar-refractivity contribution in [3.05, 3.63) is 59.9 Å². The number of nitrogens with one attached hydrogen (secondary N) is 1. The minimum Gasteiger partial charge on any atom is -0.477 e. The van der Waals surface area contributed by atoms with Crippen molar-refractivity contribution in [1.82, 2.24) is 30.2 Å². The minimum absolute atomic E-state index is 0.0829. The number of rotatable bonds is 10. The van der Waals surface area contributed by atoms with Crippen LogP contribution in [0.25, 0.3) is 11.3 Å². The van der Waals surface area contributed by atoms with Crippen LogP contribution in [-0.4, -0.2) is 65.1 Å². The van der Waals surface area contributed by atoms with Crippen LogP contribution in [0, 0.1) is 0 Å². The molecule has 0 bridgehead atoms. The lowest BCUT2D eigenvalue weighted by Crippen LogP contribution is -2.27. The van der Waals surface area contributed by atoms with Gasteiger partial charge in [-0.2, -0.15) is 0 Å². The van der Waals surface area contributed by atoms with Gasteiger partial charge in [0.25, 0.3) is 5.91 Å². The third-order valence-electron chi connectivity index (χ3n) is 5.38. The van der Waals surface area contributed by atoms with E-state index < -0.39 is 9.84 Å². The van der Waals surface area contributed by atoms with Crippen molar-refractivity contribution in [3.8, 4) is 17.1 Å². The molecular formula is C24H28N6O4S. The van der Waals surface area contributed by atoms with E-state index in [1.165, 1.54) is 18.3 Å². The summed E-state index contributed by atoms with van der Waals surface area (Å²) in [5.74, 6) is 0.0409. The number of carbonyl (C=O) groups excluding carboxylic acids is 1. The number of hydrogen-bond acceptors (Lipinski definition) is 9. The monoisotopic (exact) mass is 496 g/mol. The lowest BCUT2D eigenvalue weighted by atomic mass is 10.1. The average Bonchev–Trinajstić information content (AvgIpc) is 3.69. The Morgan fingerprint density at radius 3 is 2.69 bits per heavy atom. The molecule has 0 saturated heterocycles. The average molecular weight is 497 g/mol. The van der Waals surface area contributed by atoms with Gasteiger partial charge in [0.05, 0.1) is 47.1 Å². The van der Waals surface area contributed by atoms with Gasteiger partial charge in [-0.25, -0.2) is 13.4 Å². The molecule has 3 aromatic heterocycles. The highest BCUT2D eigenvalue weighted by Crippen LogP contribution is 2.33. The van der Waals surface area contributed by atoms with Crippen LogP contribution in [0.2, 0.25) is 0 Å². The van der Waals surface area contributed by atoms with Crippen molar-refractivity contribution < 1.29 is 17.9 Å². The van der Waals surface area contributed by atoms with Crippen LogP contribution in [0.4, 0.5) is 0 Å². The molecule has 1 N–H and O–H groups in total. The van der Waals surface area contributed by atoms with E-state index in [-0.39, 0.29) is 28.3 Å². The lowest BCUT2D eigenvalue weighted by Gasteiger charge is -2.15. The van der Waals surface area contributed by atoms with E-state index in [0.29, 0.717) is 54.4 Å². The van der Waals surface area contributed by atoms with E-state index in [0.717, 1.165) is 0 Å². The summed E-state index contributed by atoms with van der Waals surface area (Å²) in [5.41, 5.74) is 2.76. The third-order valence-corrected chi connectivity index (χ3v) is 7.64. The van der Waals surface area contributed by atoms with E-state index in [9.17, 15) is 13.2 Å². The van der Waals surface area contributed by atoms with Gasteiger partial charge in [-0.1, -0.05) is 0 Å². The minimum atomic E-state index is -3.33. The molecule has 0 spiro atoms. The molecule has 4 rings (SSSR count). The molecular weight excluding hydrogens is 468 g/mol. The molecule has 1 aliphatic carbocycles. The normalized spacial score (nSPS) is 13.6. The van der Waals surface area contributed by atoms with Crippen LogP contribution < -0.4 is 10.1 Å². The van der Waals surface area contributed by atoms with Crippen LogP contribution in [0.15, 0.2) is 47.9 Å². The highest BCUT2D eigenvalue weighted by Gasteiger charge is 2.37. The Balaban J connectivity index is 1.54. The highest BCUT2D eigenvalue weighted by molar-refractivity contribution is 7.92. The Labute approximate surface area is 204 Å². The predicted octanol–water partition coefficient (Wildman–Crippen LogP) is 2.26. The van der Waals surface area contributed by atoms with E-state index in [1.54, 1.807) is 18.6 Å². The number of carbonyl (C=O) groups is 1. The summed E-state index contributed by atoms with van der Waals surface area (Å²) in [6.07, 6.45) is 7.58. The summed E-state index contributed by atoms with van der Waals surface area (Å²) in [6, 6.07) is 4.88. The van der Waals surface area contributed by atoms with Crippen LogP contribution in [-0.2, 0) is 22.9 Å². The standard InChI is InChI=1S/C24H28N6O4S/c1-4-34-22-14-25-13-21(29-22)16-9-17(15-30(2)3)23(27-11-16)24(31)28-12-18-10-20(7-8-26-18)35(32,33)19-5-6-19/h7-11,13-14,19H,4-6,12,15H2,1-3H3,(H,28,31). The summed E-state index contributed by atoms with van der Waals surface area (Å²) in [7, 11) is 0.477. The maximum Gasteiger partial charge on any atom is 0.270 e. The van der Waals surface area contributed by atoms with Crippen molar-refractivity contribution >= 4 is 15.7 Å². The Kier molecular flexibility index (Phi) is 7.37. The van der Waals surface area contributed by atoms with Gasteiger partial charge in [-0.15, -0.1) is 0 Å². The Hall–Kier alpha value is -3.44. The SMILES string of the molecule is CCOc1cncc(-c2cnc(C(=O)NCc3cc(S(=O)(=O)C4CC4)ccn3)c(CN(C)C)c2)n1. The zero-order chi connectivity index (χ0) is 25.0. The second-order valence-electron chi connectivity index (χ2n) is 8.55. The topological polar surface area (TPSA) is 127 Å². The summed E-state index contributed by atoms with van der Waals surface area (Å²) >= 11 is 0. The molecule has 10 nitrogen and oxygen atoms in total. The molecule has 1 fully saturated rings. The Bertz CT molecular complexity index is 1330. The smallest absolute Gasteiger partial charge is 0.270 e. The quantitative estimate of drug-likeness (QED) is 0.449. The molecule has 0 unspecified atom stereocenters. The van der Waals surface area contributed by atoms with E-state index in [1.807, 2.05) is 32.0 Å². The maximum absolute atomic E-state index is 13.0. The molecule has 11 heteroatoms. The van der Waals surface area contributed by atoms with Crippen molar-refractivity contribution in [2.75, 3.05) is 20.7 Å². The molecule has 0 atom stereocenters. The van der Waals surface area contributed by atoms with Crippen molar-refractivity contribution in [1.29, 1.82) is 0 Å². The molecule has 0 radical (unpaired) electrons. The van der Waals surface area contributed by atoms with E-state index >= 15 is 0 Å². The largest absolute Gasteiger partial charge is 0.477 e. The zero-order valence-electron chi connectivity index (χ0n) is 19.9. The van der Waals surface area contributed by atoms with Gasteiger partial charge in [0.2, 0.25) is 5.88 Å². The third kappa shape index (κ3) is 5.98. The van der Waals surface area contributed by atoms with Gasteiger partial charge in [0, 0.05) is 24.5 Å². The van der Waals surface area contributed by atoms with E-state index in [4.69, 9.17) is 4.74 Å². The van der Waals surface area contributed by atoms with Crippen LogP contribution in [0.1, 0.15) is 41.5 Å². The van der Waals surface area contributed by atoms with Gasteiger partial charge < -0.3 is 15.0 Å². The second kappa shape index (κ2) is 10.4. The molecule has 0 aromatic carbocycles. The summed E-state index contributed by atoms with van der Waals surface area (Å²) in [5, 5.41) is 2.51. The van der Waals surface area contributed by atoms with Crippen molar-refractivity contribution in [2.45, 2.75) is 43.0 Å². The summed E-state index contributed by atoms with van der Waals surface area (Å²) < 4.78 is 30.5. The van der Waals surface area contributed by atoms with Crippen LogP contribution in [0.3, 0.4) is 0 Å². The van der Waals surface area contributed by atoms with Gasteiger partial charge in [0.15, 0.2) is 9.84 Å². The van der Waals surface area contributed by atoms with E-state index in [2.05, 4.69) is 25.3 Å². The molecule has 184 valence electrons. The lowest BCUT2D eigenvalue weighted by molar-refractivity contribution is 0.0943. The number of aromatic nitrogens is 4. The number of sulfone groups is 1. The fourth-order valence-corrected chi connectivity index (χ4v) is 5.27. The molecule has 1 saturated carbocycles. The first-order valence-electron chi connectivity index (χ1n) is 11.3. The van der Waals surface area contributed by atoms with Crippen LogP contribution >= 0.6 is 0 Å². The Morgan fingerprint density at radius 2 is 1.97 bits per heavy atom. The number of pyridine rings is 2. The predicted molar refractivity (Wildman–Crippen MR) is 129 cm³/mol. The van der Waals surface area contributed by atoms with Crippen LogP contribution in [0.5, 0.6) is 5.88 Å². The highest BCUT2D eigenvalue weighted by atomic mass is 32.2. The molecule has 1 aliphatic rings. The molecule has 1 amide bonds. The number of nitrogens with zero attached hydrogens (tertiary/aromatic N) is 5. The fraction of sp³-hybridized carbons (Fsp3) is 0.375. The first kappa shape index (κ1) is 24.7. The van der Waals surface area contributed by atoms with Gasteiger partial charge >= 0.3 is 0 Å². The first-order valence-corrected chi connectivity index (χ1v) is 12.9. The molecule has 3 heterocycles. The van der Waals surface area contributed by atoms with Crippen molar-refractivity contribution in [2.24, 2.45) is 0 Å². The second-order valence-corrected chi connectivity index (χ2v) is 10.8. The van der Waals surface area contributed by atoms with Gasteiger partial charge in [-0.05, 0) is 57.6 Å². The fourth-order valence-electron chi connectivity index (χ4n) is 3.58. The Morgan fingerprint density at radius 1 is 1.17 bits per heavy atom. The summed E-state index contributed by atoms with van der Waals surface area (Å²) in [6.45, 7) is 2.91. The number of amides is 1. The first-order chi connectivity index (χ1) is 16.8. The molecule has 3 aromatic rings. The molecule has 0 aliphatic heterocycles. The number of hydrogen-bond donors (Lipinski definition) is 1. The number of ether oxygens (including phenoxy) is 1. The zero-order valence-corrected chi connectivity index (χ0v) is 20.7. The van der Waals surface area contributed by atoms with Crippen molar-refractivity contribution in [3.63, 3.8) is 0 Å². The summed E-state index contributed by atoms with van der Waals surface area (Å²) in [4.78, 5) is 32.5.